The van der Waals surface area contributed by atoms with E-state index in [4.69, 9.17) is 5.73 Å². The summed E-state index contributed by atoms with van der Waals surface area (Å²) >= 11 is 0. The van der Waals surface area contributed by atoms with E-state index in [0.717, 1.165) is 18.7 Å². The second-order valence-electron chi connectivity index (χ2n) is 6.59. The number of hydrogen-bond acceptors (Lipinski definition) is 3. The van der Waals surface area contributed by atoms with Crippen LogP contribution in [0.15, 0.2) is 30.3 Å². The minimum Gasteiger partial charge on any atom is -0.337 e. The third-order valence-electron chi connectivity index (χ3n) is 3.37. The fourth-order valence-corrected chi connectivity index (χ4v) is 2.00. The summed E-state index contributed by atoms with van der Waals surface area (Å²) in [6, 6.07) is 10.1. The van der Waals surface area contributed by atoms with Gasteiger partial charge < -0.3 is 15.5 Å². The Labute approximate surface area is 128 Å². The van der Waals surface area contributed by atoms with Crippen molar-refractivity contribution in [2.45, 2.75) is 38.8 Å². The topological polar surface area (TPSA) is 49.6 Å². The Morgan fingerprint density at radius 3 is 2.29 bits per heavy atom. The van der Waals surface area contributed by atoms with Gasteiger partial charge in [0.2, 0.25) is 5.91 Å². The van der Waals surface area contributed by atoms with Crippen LogP contribution < -0.4 is 5.73 Å². The SMILES string of the molecule is CN(C)CCN(Cc1ccccc1)C(=O)CCC(C)(C)N. The molecule has 0 bridgehead atoms. The highest BCUT2D eigenvalue weighted by atomic mass is 16.2. The summed E-state index contributed by atoms with van der Waals surface area (Å²) in [5.41, 5.74) is 6.85. The molecule has 0 heterocycles. The van der Waals surface area contributed by atoms with Gasteiger partial charge in [0.05, 0.1) is 0 Å². The lowest BCUT2D eigenvalue weighted by Crippen LogP contribution is -2.38. The van der Waals surface area contributed by atoms with Crippen LogP contribution in [0.5, 0.6) is 0 Å². The van der Waals surface area contributed by atoms with Crippen molar-refractivity contribution in [2.24, 2.45) is 5.73 Å². The van der Waals surface area contributed by atoms with E-state index in [1.807, 2.05) is 51.0 Å². The van der Waals surface area contributed by atoms with Gasteiger partial charge in [0.25, 0.3) is 0 Å². The first-order valence-corrected chi connectivity index (χ1v) is 7.53. The number of carbonyl (C=O) groups is 1. The molecule has 118 valence electrons. The Kier molecular flexibility index (Phi) is 6.85. The van der Waals surface area contributed by atoms with Gasteiger partial charge >= 0.3 is 0 Å². The number of hydrogen-bond donors (Lipinski definition) is 1. The summed E-state index contributed by atoms with van der Waals surface area (Å²) in [7, 11) is 4.04. The van der Waals surface area contributed by atoms with E-state index >= 15 is 0 Å². The number of nitrogens with zero attached hydrogens (tertiary/aromatic N) is 2. The van der Waals surface area contributed by atoms with Crippen molar-refractivity contribution in [1.29, 1.82) is 0 Å². The molecule has 0 atom stereocenters. The molecule has 0 aliphatic carbocycles. The van der Waals surface area contributed by atoms with E-state index in [1.165, 1.54) is 0 Å². The molecule has 0 saturated carbocycles. The average molecular weight is 291 g/mol. The number of rotatable bonds is 8. The summed E-state index contributed by atoms with van der Waals surface area (Å²) < 4.78 is 0. The first kappa shape index (κ1) is 17.7. The van der Waals surface area contributed by atoms with Crippen molar-refractivity contribution in [3.8, 4) is 0 Å². The molecule has 1 aromatic carbocycles. The molecule has 0 radical (unpaired) electrons. The van der Waals surface area contributed by atoms with Crippen LogP contribution >= 0.6 is 0 Å². The maximum Gasteiger partial charge on any atom is 0.222 e. The average Bonchev–Trinajstić information content (AvgIpc) is 2.41. The van der Waals surface area contributed by atoms with Gasteiger partial charge in [0.15, 0.2) is 0 Å². The van der Waals surface area contributed by atoms with E-state index < -0.39 is 0 Å². The van der Waals surface area contributed by atoms with Crippen molar-refractivity contribution in [3.05, 3.63) is 35.9 Å². The molecule has 0 fully saturated rings. The molecular weight excluding hydrogens is 262 g/mol. The quantitative estimate of drug-likeness (QED) is 0.798. The van der Waals surface area contributed by atoms with E-state index in [2.05, 4.69) is 17.0 Å². The fraction of sp³-hybridized carbons (Fsp3) is 0.588. The van der Waals surface area contributed by atoms with Crippen LogP contribution in [0.25, 0.3) is 0 Å². The maximum absolute atomic E-state index is 12.5. The molecule has 0 saturated heterocycles. The standard InChI is InChI=1S/C17H29N3O/c1-17(2,18)11-10-16(21)20(13-12-19(3)4)14-15-8-6-5-7-9-15/h5-9H,10-14,18H2,1-4H3. The lowest BCUT2D eigenvalue weighted by molar-refractivity contribution is -0.132. The smallest absolute Gasteiger partial charge is 0.222 e. The Morgan fingerprint density at radius 2 is 1.76 bits per heavy atom. The molecule has 0 aliphatic rings. The van der Waals surface area contributed by atoms with Crippen LogP contribution in [0.2, 0.25) is 0 Å². The molecule has 0 unspecified atom stereocenters. The van der Waals surface area contributed by atoms with Crippen molar-refractivity contribution in [1.82, 2.24) is 9.80 Å². The predicted octanol–water partition coefficient (Wildman–Crippen LogP) is 2.09. The fourth-order valence-electron chi connectivity index (χ4n) is 2.00. The Hall–Kier alpha value is -1.39. The molecule has 21 heavy (non-hydrogen) atoms. The summed E-state index contributed by atoms with van der Waals surface area (Å²) in [6.07, 6.45) is 1.21. The summed E-state index contributed by atoms with van der Waals surface area (Å²) in [4.78, 5) is 16.5. The van der Waals surface area contributed by atoms with E-state index in [1.54, 1.807) is 0 Å². The molecule has 0 aliphatic heterocycles. The Bertz CT molecular complexity index is 423. The van der Waals surface area contributed by atoms with Gasteiger partial charge in [-0.3, -0.25) is 4.79 Å². The van der Waals surface area contributed by atoms with Crippen molar-refractivity contribution < 1.29 is 4.79 Å². The van der Waals surface area contributed by atoms with Gasteiger partial charge in [0.1, 0.15) is 0 Å². The molecule has 0 aromatic heterocycles. The van der Waals surface area contributed by atoms with Crippen LogP contribution in [0.1, 0.15) is 32.3 Å². The minimum atomic E-state index is -0.296. The van der Waals surface area contributed by atoms with Gasteiger partial charge in [-0.05, 0) is 39.9 Å². The lowest BCUT2D eigenvalue weighted by atomic mass is 9.99. The van der Waals surface area contributed by atoms with Gasteiger partial charge in [-0.25, -0.2) is 0 Å². The second kappa shape index (κ2) is 8.15. The van der Waals surface area contributed by atoms with Crippen molar-refractivity contribution in [2.75, 3.05) is 27.2 Å². The third-order valence-corrected chi connectivity index (χ3v) is 3.37. The zero-order valence-corrected chi connectivity index (χ0v) is 13.8. The normalized spacial score (nSPS) is 11.7. The van der Waals surface area contributed by atoms with Gasteiger partial charge in [-0.1, -0.05) is 30.3 Å². The maximum atomic E-state index is 12.5. The number of nitrogens with two attached hydrogens (primary N) is 1. The first-order valence-electron chi connectivity index (χ1n) is 7.53. The van der Waals surface area contributed by atoms with Crippen molar-refractivity contribution >= 4 is 5.91 Å². The summed E-state index contributed by atoms with van der Waals surface area (Å²) in [6.45, 7) is 6.19. The van der Waals surface area contributed by atoms with E-state index in [9.17, 15) is 4.79 Å². The molecular formula is C17H29N3O. The highest BCUT2D eigenvalue weighted by Gasteiger charge is 2.18. The van der Waals surface area contributed by atoms with Crippen LogP contribution in [0.3, 0.4) is 0 Å². The molecule has 4 nitrogen and oxygen atoms in total. The number of benzene rings is 1. The predicted molar refractivity (Wildman–Crippen MR) is 87.9 cm³/mol. The van der Waals surface area contributed by atoms with Crippen LogP contribution in [-0.4, -0.2) is 48.4 Å². The van der Waals surface area contributed by atoms with E-state index in [-0.39, 0.29) is 11.4 Å². The van der Waals surface area contributed by atoms with E-state index in [0.29, 0.717) is 19.4 Å². The van der Waals surface area contributed by atoms with Crippen LogP contribution in [0, 0.1) is 0 Å². The summed E-state index contributed by atoms with van der Waals surface area (Å²) in [5.74, 6) is 0.180. The Morgan fingerprint density at radius 1 is 1.14 bits per heavy atom. The van der Waals surface area contributed by atoms with Gasteiger partial charge in [-0.2, -0.15) is 0 Å². The zero-order valence-electron chi connectivity index (χ0n) is 13.8. The molecule has 1 amide bonds. The van der Waals surface area contributed by atoms with Crippen LogP contribution in [0.4, 0.5) is 0 Å². The second-order valence-corrected chi connectivity index (χ2v) is 6.59. The molecule has 0 spiro atoms. The summed E-state index contributed by atoms with van der Waals surface area (Å²) in [5, 5.41) is 0. The number of carbonyl (C=O) groups excluding carboxylic acids is 1. The first-order chi connectivity index (χ1) is 9.78. The monoisotopic (exact) mass is 291 g/mol. The minimum absolute atomic E-state index is 0.180. The largest absolute Gasteiger partial charge is 0.337 e. The molecule has 1 aromatic rings. The Balaban J connectivity index is 2.65. The molecule has 2 N–H and O–H groups in total. The lowest BCUT2D eigenvalue weighted by Gasteiger charge is -2.26. The highest BCUT2D eigenvalue weighted by molar-refractivity contribution is 5.76. The van der Waals surface area contributed by atoms with Crippen molar-refractivity contribution in [3.63, 3.8) is 0 Å². The highest BCUT2D eigenvalue weighted by Crippen LogP contribution is 2.11. The third kappa shape index (κ3) is 7.83. The van der Waals surface area contributed by atoms with Gasteiger partial charge in [0, 0.05) is 31.6 Å². The molecule has 4 heteroatoms. The molecule has 1 rings (SSSR count). The van der Waals surface area contributed by atoms with Gasteiger partial charge in [-0.15, -0.1) is 0 Å². The zero-order chi connectivity index (χ0) is 15.9. The number of amides is 1. The van der Waals surface area contributed by atoms with Crippen LogP contribution in [-0.2, 0) is 11.3 Å². The number of likely N-dealkylation sites (N-methyl/N-ethyl adjacent to an activating group) is 1.